The number of hydrogen-bond acceptors (Lipinski definition) is 2. The molecule has 0 heterocycles. The Morgan fingerprint density at radius 3 is 2.62 bits per heavy atom. The molecule has 1 aromatic carbocycles. The molecule has 0 saturated carbocycles. The summed E-state index contributed by atoms with van der Waals surface area (Å²) >= 11 is 0. The zero-order chi connectivity index (χ0) is 10.0. The van der Waals surface area contributed by atoms with Gasteiger partial charge in [0.05, 0.1) is 6.10 Å². The van der Waals surface area contributed by atoms with Crippen molar-refractivity contribution >= 4 is 0 Å². The Labute approximate surface area is 77.2 Å². The molecular weight excluding hydrogens is 169 g/mol. The van der Waals surface area contributed by atoms with E-state index in [4.69, 9.17) is 5.73 Å². The van der Waals surface area contributed by atoms with Crippen molar-refractivity contribution in [3.05, 3.63) is 34.6 Å². The molecule has 72 valence electrons. The van der Waals surface area contributed by atoms with Crippen LogP contribution in [0.4, 0.5) is 4.39 Å². The quantitative estimate of drug-likeness (QED) is 0.728. The summed E-state index contributed by atoms with van der Waals surface area (Å²) in [5.74, 6) is -0.289. The highest BCUT2D eigenvalue weighted by Gasteiger charge is 2.11. The summed E-state index contributed by atoms with van der Waals surface area (Å²) in [6.07, 6.45) is -0.769. The largest absolute Gasteiger partial charge is 0.387 e. The van der Waals surface area contributed by atoms with Crippen molar-refractivity contribution in [3.8, 4) is 0 Å². The molecule has 0 spiro atoms. The molecule has 0 bridgehead atoms. The van der Waals surface area contributed by atoms with E-state index in [-0.39, 0.29) is 12.4 Å². The topological polar surface area (TPSA) is 46.2 Å². The van der Waals surface area contributed by atoms with Gasteiger partial charge >= 0.3 is 0 Å². The van der Waals surface area contributed by atoms with Crippen LogP contribution in [0.5, 0.6) is 0 Å². The van der Waals surface area contributed by atoms with Gasteiger partial charge in [0.1, 0.15) is 5.82 Å². The Morgan fingerprint density at radius 1 is 1.46 bits per heavy atom. The van der Waals surface area contributed by atoms with Crippen LogP contribution in [0, 0.1) is 19.7 Å². The third-order valence-electron chi connectivity index (χ3n) is 2.11. The maximum absolute atomic E-state index is 13.2. The van der Waals surface area contributed by atoms with E-state index in [1.165, 1.54) is 6.07 Å². The molecule has 1 rings (SSSR count). The molecule has 13 heavy (non-hydrogen) atoms. The second-order valence-electron chi connectivity index (χ2n) is 3.21. The number of aliphatic hydroxyl groups excluding tert-OH is 1. The highest BCUT2D eigenvalue weighted by molar-refractivity contribution is 5.33. The van der Waals surface area contributed by atoms with E-state index >= 15 is 0 Å². The van der Waals surface area contributed by atoms with Crippen LogP contribution in [0.25, 0.3) is 0 Å². The SMILES string of the molecule is Cc1cc(F)c(C)c(C(O)CN)c1. The summed E-state index contributed by atoms with van der Waals surface area (Å²) in [5, 5.41) is 9.47. The summed E-state index contributed by atoms with van der Waals surface area (Å²) in [5.41, 5.74) is 7.16. The molecule has 0 radical (unpaired) electrons. The van der Waals surface area contributed by atoms with Gasteiger partial charge in [-0.05, 0) is 36.6 Å². The number of hydrogen-bond donors (Lipinski definition) is 2. The van der Waals surface area contributed by atoms with Gasteiger partial charge in [0.2, 0.25) is 0 Å². The van der Waals surface area contributed by atoms with Crippen LogP contribution < -0.4 is 5.73 Å². The molecule has 3 N–H and O–H groups in total. The number of benzene rings is 1. The van der Waals surface area contributed by atoms with Gasteiger partial charge in [0.25, 0.3) is 0 Å². The maximum Gasteiger partial charge on any atom is 0.126 e. The molecule has 0 fully saturated rings. The summed E-state index contributed by atoms with van der Waals surface area (Å²) in [4.78, 5) is 0. The highest BCUT2D eigenvalue weighted by atomic mass is 19.1. The van der Waals surface area contributed by atoms with Crippen molar-refractivity contribution in [2.45, 2.75) is 20.0 Å². The van der Waals surface area contributed by atoms with E-state index in [1.54, 1.807) is 19.9 Å². The lowest BCUT2D eigenvalue weighted by Gasteiger charge is -2.12. The van der Waals surface area contributed by atoms with Gasteiger partial charge < -0.3 is 10.8 Å². The predicted molar refractivity (Wildman–Crippen MR) is 49.9 cm³/mol. The first-order valence-corrected chi connectivity index (χ1v) is 4.21. The Bertz CT molecular complexity index is 312. The summed E-state index contributed by atoms with van der Waals surface area (Å²) in [7, 11) is 0. The number of rotatable bonds is 2. The Hall–Kier alpha value is -0.930. The van der Waals surface area contributed by atoms with Crippen molar-refractivity contribution in [2.75, 3.05) is 6.54 Å². The van der Waals surface area contributed by atoms with Crippen molar-refractivity contribution < 1.29 is 9.50 Å². The Morgan fingerprint density at radius 2 is 2.08 bits per heavy atom. The first kappa shape index (κ1) is 10.2. The Balaban J connectivity index is 3.20. The summed E-state index contributed by atoms with van der Waals surface area (Å²) in [6, 6.07) is 3.21. The molecule has 1 atom stereocenters. The minimum Gasteiger partial charge on any atom is -0.387 e. The lowest BCUT2D eigenvalue weighted by atomic mass is 10.0. The van der Waals surface area contributed by atoms with Gasteiger partial charge in [0, 0.05) is 6.54 Å². The molecule has 0 saturated heterocycles. The molecule has 0 aliphatic rings. The van der Waals surface area contributed by atoms with Crippen LogP contribution in [0.3, 0.4) is 0 Å². The van der Waals surface area contributed by atoms with Crippen LogP contribution in [0.1, 0.15) is 22.8 Å². The smallest absolute Gasteiger partial charge is 0.126 e. The molecule has 3 heteroatoms. The van der Waals surface area contributed by atoms with Crippen LogP contribution in [0.2, 0.25) is 0 Å². The molecule has 1 unspecified atom stereocenters. The van der Waals surface area contributed by atoms with Crippen LogP contribution in [0.15, 0.2) is 12.1 Å². The van der Waals surface area contributed by atoms with Crippen molar-refractivity contribution in [1.82, 2.24) is 0 Å². The van der Waals surface area contributed by atoms with E-state index in [2.05, 4.69) is 0 Å². The van der Waals surface area contributed by atoms with Gasteiger partial charge in [-0.15, -0.1) is 0 Å². The second kappa shape index (κ2) is 3.85. The van der Waals surface area contributed by atoms with Gasteiger partial charge in [0.15, 0.2) is 0 Å². The second-order valence-corrected chi connectivity index (χ2v) is 3.21. The molecule has 0 aliphatic heterocycles. The summed E-state index contributed by atoms with van der Waals surface area (Å²) < 4.78 is 13.2. The first-order valence-electron chi connectivity index (χ1n) is 4.21. The average Bonchev–Trinajstić information content (AvgIpc) is 2.10. The van der Waals surface area contributed by atoms with E-state index in [0.29, 0.717) is 11.1 Å². The monoisotopic (exact) mass is 183 g/mol. The lowest BCUT2D eigenvalue weighted by molar-refractivity contribution is 0.185. The minimum atomic E-state index is -0.769. The van der Waals surface area contributed by atoms with Crippen molar-refractivity contribution in [1.29, 1.82) is 0 Å². The fourth-order valence-electron chi connectivity index (χ4n) is 1.31. The maximum atomic E-state index is 13.2. The molecule has 0 amide bonds. The van der Waals surface area contributed by atoms with Gasteiger partial charge in [-0.25, -0.2) is 4.39 Å². The van der Waals surface area contributed by atoms with Gasteiger partial charge in [-0.2, -0.15) is 0 Å². The first-order chi connectivity index (χ1) is 6.06. The number of nitrogens with two attached hydrogens (primary N) is 1. The molecule has 1 aromatic rings. The van der Waals surface area contributed by atoms with Crippen LogP contribution in [-0.4, -0.2) is 11.7 Å². The van der Waals surface area contributed by atoms with Crippen LogP contribution in [-0.2, 0) is 0 Å². The fraction of sp³-hybridized carbons (Fsp3) is 0.400. The molecule has 0 aromatic heterocycles. The third-order valence-corrected chi connectivity index (χ3v) is 2.11. The van der Waals surface area contributed by atoms with E-state index < -0.39 is 6.10 Å². The van der Waals surface area contributed by atoms with E-state index in [9.17, 15) is 9.50 Å². The van der Waals surface area contributed by atoms with Gasteiger partial charge in [-0.3, -0.25) is 0 Å². The standard InChI is InChI=1S/C10H14FNO/c1-6-3-8(10(13)5-12)7(2)9(11)4-6/h3-4,10,13H,5,12H2,1-2H3. The zero-order valence-corrected chi connectivity index (χ0v) is 7.84. The minimum absolute atomic E-state index is 0.115. The lowest BCUT2D eigenvalue weighted by Crippen LogP contribution is -2.13. The third kappa shape index (κ3) is 2.05. The summed E-state index contributed by atoms with van der Waals surface area (Å²) in [6.45, 7) is 3.54. The van der Waals surface area contributed by atoms with E-state index in [0.717, 1.165) is 5.56 Å². The number of halogens is 1. The van der Waals surface area contributed by atoms with E-state index in [1.807, 2.05) is 0 Å². The predicted octanol–water partition coefficient (Wildman–Crippen LogP) is 1.43. The number of aryl methyl sites for hydroxylation is 1. The number of aliphatic hydroxyl groups is 1. The average molecular weight is 183 g/mol. The molecule has 2 nitrogen and oxygen atoms in total. The zero-order valence-electron chi connectivity index (χ0n) is 7.84. The highest BCUT2D eigenvalue weighted by Crippen LogP contribution is 2.21. The van der Waals surface area contributed by atoms with Crippen molar-refractivity contribution in [2.24, 2.45) is 5.73 Å². The van der Waals surface area contributed by atoms with Gasteiger partial charge in [-0.1, -0.05) is 6.07 Å². The van der Waals surface area contributed by atoms with Crippen molar-refractivity contribution in [3.63, 3.8) is 0 Å². The normalized spacial score (nSPS) is 13.0. The fourth-order valence-corrected chi connectivity index (χ4v) is 1.31. The molecular formula is C10H14FNO. The molecule has 0 aliphatic carbocycles. The van der Waals surface area contributed by atoms with Crippen LogP contribution >= 0.6 is 0 Å². The Kier molecular flexibility index (Phi) is 3.01.